The monoisotopic (exact) mass is 436 g/mol. The van der Waals surface area contributed by atoms with E-state index in [0.717, 1.165) is 51.9 Å². The summed E-state index contributed by atoms with van der Waals surface area (Å²) in [5.74, 6) is 0.306. The molecule has 0 aromatic rings. The summed E-state index contributed by atoms with van der Waals surface area (Å²) in [6.45, 7) is 3.73. The number of nitrogens with zero attached hydrogens (tertiary/aromatic N) is 4. The van der Waals surface area contributed by atoms with Gasteiger partial charge >= 0.3 is 10.4 Å². The van der Waals surface area contributed by atoms with Crippen molar-refractivity contribution in [1.82, 2.24) is 9.80 Å². The van der Waals surface area contributed by atoms with Gasteiger partial charge in [0.15, 0.2) is 11.9 Å². The van der Waals surface area contributed by atoms with Gasteiger partial charge in [-0.3, -0.25) is 19.9 Å². The first-order valence-corrected chi connectivity index (χ1v) is 10.4. The zero-order valence-corrected chi connectivity index (χ0v) is 17.1. The second-order valence-corrected chi connectivity index (χ2v) is 7.15. The van der Waals surface area contributed by atoms with Gasteiger partial charge in [-0.1, -0.05) is 0 Å². The van der Waals surface area contributed by atoms with E-state index in [1.165, 1.54) is 12.8 Å². The third-order valence-corrected chi connectivity index (χ3v) is 3.83. The van der Waals surface area contributed by atoms with Crippen LogP contribution in [0.25, 0.3) is 0 Å². The average molecular weight is 437 g/mol. The minimum Gasteiger partial charge on any atom is -0.369 e. The van der Waals surface area contributed by atoms with E-state index in [2.05, 4.69) is 9.98 Å². The Kier molecular flexibility index (Phi) is 12.3. The maximum atomic E-state index is 8.74. The molecule has 29 heavy (non-hydrogen) atoms. The van der Waals surface area contributed by atoms with Crippen molar-refractivity contribution in [1.29, 1.82) is 10.8 Å². The number of piperidine rings is 2. The molecule has 2 fully saturated rings. The van der Waals surface area contributed by atoms with E-state index in [1.807, 2.05) is 9.80 Å². The number of aliphatic imine (C=N–C) groups is 2. The Morgan fingerprint density at radius 3 is 1.14 bits per heavy atom. The van der Waals surface area contributed by atoms with E-state index in [-0.39, 0.29) is 11.9 Å². The van der Waals surface area contributed by atoms with Crippen molar-refractivity contribution in [3.05, 3.63) is 0 Å². The van der Waals surface area contributed by atoms with Crippen LogP contribution < -0.4 is 22.9 Å². The molecule has 2 aliphatic rings. The molecule has 0 aromatic carbocycles. The number of rotatable bonds is 0. The predicted molar refractivity (Wildman–Crippen MR) is 112 cm³/mol. The zero-order chi connectivity index (χ0) is 22.4. The van der Waals surface area contributed by atoms with Crippen molar-refractivity contribution in [2.75, 3.05) is 26.2 Å². The minimum atomic E-state index is -4.67. The smallest absolute Gasteiger partial charge is 0.369 e. The summed E-state index contributed by atoms with van der Waals surface area (Å²) in [4.78, 5) is 11.3. The summed E-state index contributed by atoms with van der Waals surface area (Å²) in [5, 5.41) is 13.9. The van der Waals surface area contributed by atoms with Gasteiger partial charge < -0.3 is 32.7 Å². The van der Waals surface area contributed by atoms with Crippen LogP contribution in [0.1, 0.15) is 38.5 Å². The molecule has 0 aliphatic carbocycles. The Hall–Kier alpha value is -2.65. The van der Waals surface area contributed by atoms with Gasteiger partial charge in [-0.15, -0.1) is 0 Å². The number of guanidine groups is 4. The molecule has 12 N–H and O–H groups in total. The lowest BCUT2D eigenvalue weighted by Crippen LogP contribution is -2.41. The number of nitrogens with two attached hydrogens (primary N) is 4. The topological polar surface area (TPSA) is 258 Å². The average Bonchev–Trinajstić information content (AvgIpc) is 2.61. The lowest BCUT2D eigenvalue weighted by atomic mass is 10.1. The first kappa shape index (κ1) is 26.4. The van der Waals surface area contributed by atoms with Crippen LogP contribution in [0, 0.1) is 10.8 Å². The molecule has 15 heteroatoms. The molecule has 0 radical (unpaired) electrons. The normalized spacial score (nSPS) is 18.0. The second kappa shape index (κ2) is 13.5. The first-order chi connectivity index (χ1) is 13.4. The molecule has 2 aliphatic heterocycles. The van der Waals surface area contributed by atoms with E-state index in [9.17, 15) is 0 Å². The maximum Gasteiger partial charge on any atom is 0.394 e. The highest BCUT2D eigenvalue weighted by atomic mass is 32.3. The van der Waals surface area contributed by atoms with Crippen molar-refractivity contribution in [3.8, 4) is 0 Å². The summed E-state index contributed by atoms with van der Waals surface area (Å²) in [5.41, 5.74) is 21.4. The van der Waals surface area contributed by atoms with Gasteiger partial charge in [0.05, 0.1) is 0 Å². The van der Waals surface area contributed by atoms with E-state index < -0.39 is 10.4 Å². The number of hydrogen-bond acceptors (Lipinski definition) is 4. The van der Waals surface area contributed by atoms with Gasteiger partial charge in [0.2, 0.25) is 11.9 Å². The molecule has 0 atom stereocenters. The third-order valence-electron chi connectivity index (χ3n) is 3.83. The van der Waals surface area contributed by atoms with E-state index in [4.69, 9.17) is 51.3 Å². The highest BCUT2D eigenvalue weighted by Gasteiger charge is 2.12. The Morgan fingerprint density at radius 1 is 0.690 bits per heavy atom. The fourth-order valence-electron chi connectivity index (χ4n) is 2.63. The van der Waals surface area contributed by atoms with Crippen LogP contribution in [0.4, 0.5) is 0 Å². The SMILES string of the molecule is N=C(N)/N=C(\N)N1CCCCC1.N=C(N)/N=C(\N)N1CCCCC1.O=S(=O)(O)O. The molecule has 0 bridgehead atoms. The molecular formula is C14H32N10O4S. The third kappa shape index (κ3) is 16.0. The van der Waals surface area contributed by atoms with Gasteiger partial charge in [-0.2, -0.15) is 18.4 Å². The Morgan fingerprint density at radius 2 is 0.931 bits per heavy atom. The van der Waals surface area contributed by atoms with E-state index in [1.54, 1.807) is 0 Å². The van der Waals surface area contributed by atoms with Crippen LogP contribution in [0.15, 0.2) is 9.98 Å². The largest absolute Gasteiger partial charge is 0.394 e. The molecular weight excluding hydrogens is 404 g/mol. The molecule has 0 amide bonds. The van der Waals surface area contributed by atoms with Crippen molar-refractivity contribution in [2.45, 2.75) is 38.5 Å². The summed E-state index contributed by atoms with van der Waals surface area (Å²) >= 11 is 0. The Balaban J connectivity index is 0.000000442. The van der Waals surface area contributed by atoms with Gasteiger partial charge in [0.1, 0.15) is 0 Å². The molecule has 2 saturated heterocycles. The Labute approximate surface area is 170 Å². The summed E-state index contributed by atoms with van der Waals surface area (Å²) < 4.78 is 31.6. The van der Waals surface area contributed by atoms with Crippen LogP contribution in [0.3, 0.4) is 0 Å². The predicted octanol–water partition coefficient (Wildman–Crippen LogP) is -1.29. The highest BCUT2D eigenvalue weighted by Crippen LogP contribution is 2.08. The number of likely N-dealkylation sites (tertiary alicyclic amines) is 2. The first-order valence-electron chi connectivity index (χ1n) is 8.96. The van der Waals surface area contributed by atoms with Gasteiger partial charge in [0, 0.05) is 26.2 Å². The van der Waals surface area contributed by atoms with Crippen molar-refractivity contribution >= 4 is 34.2 Å². The maximum absolute atomic E-state index is 8.74. The van der Waals surface area contributed by atoms with Crippen LogP contribution in [0.2, 0.25) is 0 Å². The zero-order valence-electron chi connectivity index (χ0n) is 16.3. The van der Waals surface area contributed by atoms with Gasteiger partial charge in [-0.25, -0.2) is 0 Å². The van der Waals surface area contributed by atoms with E-state index >= 15 is 0 Å². The van der Waals surface area contributed by atoms with Crippen LogP contribution in [-0.2, 0) is 10.4 Å². The standard InChI is InChI=1S/2C7H15N5.H2O4S/c2*8-6(9)11-7(10)12-4-2-1-3-5-12;1-5(2,3)4/h2*1-5H2,(H5,8,9,10,11);(H2,1,2,3,4). The number of nitrogens with one attached hydrogen (secondary N) is 2. The van der Waals surface area contributed by atoms with Crippen LogP contribution in [0.5, 0.6) is 0 Å². The van der Waals surface area contributed by atoms with Crippen LogP contribution >= 0.6 is 0 Å². The summed E-state index contributed by atoms with van der Waals surface area (Å²) in [6, 6.07) is 0. The molecule has 2 rings (SSSR count). The summed E-state index contributed by atoms with van der Waals surface area (Å²) in [7, 11) is -4.67. The second-order valence-electron chi connectivity index (χ2n) is 6.25. The molecule has 0 spiro atoms. The van der Waals surface area contributed by atoms with E-state index in [0.29, 0.717) is 11.9 Å². The van der Waals surface area contributed by atoms with Gasteiger partial charge in [-0.05, 0) is 38.5 Å². The lowest BCUT2D eigenvalue weighted by Gasteiger charge is -2.27. The molecule has 2 heterocycles. The lowest BCUT2D eigenvalue weighted by molar-refractivity contribution is 0.339. The minimum absolute atomic E-state index is 0.224. The molecule has 14 nitrogen and oxygen atoms in total. The van der Waals surface area contributed by atoms with Crippen molar-refractivity contribution in [2.24, 2.45) is 32.9 Å². The summed E-state index contributed by atoms with van der Waals surface area (Å²) in [6.07, 6.45) is 7.10. The van der Waals surface area contributed by atoms with Crippen molar-refractivity contribution < 1.29 is 17.5 Å². The quantitative estimate of drug-likeness (QED) is 0.126. The number of hydrogen-bond donors (Lipinski definition) is 8. The molecule has 0 unspecified atom stereocenters. The molecule has 168 valence electrons. The molecule has 0 saturated carbocycles. The Bertz CT molecular complexity index is 631. The van der Waals surface area contributed by atoms with Gasteiger partial charge in [0.25, 0.3) is 0 Å². The van der Waals surface area contributed by atoms with Crippen molar-refractivity contribution in [3.63, 3.8) is 0 Å². The fraction of sp³-hybridized carbons (Fsp3) is 0.714. The molecule has 0 aromatic heterocycles. The highest BCUT2D eigenvalue weighted by molar-refractivity contribution is 7.79. The fourth-order valence-corrected chi connectivity index (χ4v) is 2.63. The van der Waals surface area contributed by atoms with Crippen LogP contribution in [-0.4, -0.2) is 77.3 Å².